The summed E-state index contributed by atoms with van der Waals surface area (Å²) in [6.45, 7) is 1.55. The number of carboxylic acids is 1. The number of sulfonamides is 1. The van der Waals surface area contributed by atoms with Crippen molar-refractivity contribution < 1.29 is 18.3 Å². The number of carboxylic acid groups (broad SMARTS) is 1. The van der Waals surface area contributed by atoms with Crippen LogP contribution in [0.25, 0.3) is 0 Å². The number of fused-ring (bicyclic) bond motifs is 1. The van der Waals surface area contributed by atoms with Crippen molar-refractivity contribution in [2.45, 2.75) is 37.5 Å². The molecule has 0 spiro atoms. The molecule has 1 aliphatic rings. The van der Waals surface area contributed by atoms with E-state index in [1.54, 1.807) is 12.1 Å². The van der Waals surface area contributed by atoms with Gasteiger partial charge < -0.3 is 5.11 Å². The molecule has 1 aliphatic carbocycles. The quantitative estimate of drug-likeness (QED) is 0.866. The summed E-state index contributed by atoms with van der Waals surface area (Å²) in [6, 6.07) is 5.13. The van der Waals surface area contributed by atoms with E-state index in [9.17, 15) is 13.2 Å². The van der Waals surface area contributed by atoms with Crippen molar-refractivity contribution in [2.24, 2.45) is 0 Å². The fourth-order valence-corrected chi connectivity index (χ4v) is 4.07. The standard InChI is InChI=1S/C14H19NO4S/c1-2-8-15(10-14(16)17)20(18,19)13-7-6-11-4-3-5-12(11)9-13/h6-7,9H,2-5,8,10H2,1H3,(H,16,17). The molecule has 0 atom stereocenters. The number of nitrogens with zero attached hydrogens (tertiary/aromatic N) is 1. The highest BCUT2D eigenvalue weighted by Crippen LogP contribution is 2.26. The second-order valence-corrected chi connectivity index (χ2v) is 6.95. The Hall–Kier alpha value is -1.40. The molecule has 0 unspecified atom stereocenters. The van der Waals surface area contributed by atoms with E-state index in [-0.39, 0.29) is 11.4 Å². The van der Waals surface area contributed by atoms with Crippen LogP contribution in [0.2, 0.25) is 0 Å². The zero-order valence-corrected chi connectivity index (χ0v) is 12.3. The second-order valence-electron chi connectivity index (χ2n) is 5.02. The van der Waals surface area contributed by atoms with E-state index in [4.69, 9.17) is 5.11 Å². The van der Waals surface area contributed by atoms with Crippen LogP contribution in [0.5, 0.6) is 0 Å². The molecule has 6 heteroatoms. The van der Waals surface area contributed by atoms with Crippen LogP contribution in [-0.2, 0) is 27.7 Å². The second kappa shape index (κ2) is 5.93. The zero-order valence-electron chi connectivity index (χ0n) is 11.5. The summed E-state index contributed by atoms with van der Waals surface area (Å²) in [7, 11) is -3.73. The van der Waals surface area contributed by atoms with Crippen LogP contribution in [0.1, 0.15) is 30.9 Å². The summed E-state index contributed by atoms with van der Waals surface area (Å²) in [5.41, 5.74) is 2.27. The van der Waals surface area contributed by atoms with Crippen molar-refractivity contribution in [1.29, 1.82) is 0 Å². The molecule has 20 heavy (non-hydrogen) atoms. The number of aliphatic carboxylic acids is 1. The van der Waals surface area contributed by atoms with Gasteiger partial charge in [0.15, 0.2) is 0 Å². The molecule has 0 aliphatic heterocycles. The third kappa shape index (κ3) is 3.02. The first-order chi connectivity index (χ1) is 9.45. The normalized spacial score (nSPS) is 14.5. The molecule has 1 aromatic rings. The van der Waals surface area contributed by atoms with E-state index in [0.29, 0.717) is 6.42 Å². The molecule has 2 rings (SSSR count). The van der Waals surface area contributed by atoms with E-state index >= 15 is 0 Å². The van der Waals surface area contributed by atoms with E-state index in [2.05, 4.69) is 0 Å². The number of hydrogen-bond acceptors (Lipinski definition) is 3. The maximum atomic E-state index is 12.5. The number of rotatable bonds is 6. The SMILES string of the molecule is CCCN(CC(=O)O)S(=O)(=O)c1ccc2c(c1)CCC2. The van der Waals surface area contributed by atoms with Gasteiger partial charge in [-0.25, -0.2) is 8.42 Å². The molecular weight excluding hydrogens is 278 g/mol. The van der Waals surface area contributed by atoms with Gasteiger partial charge in [-0.3, -0.25) is 4.79 Å². The minimum atomic E-state index is -3.73. The number of benzene rings is 1. The van der Waals surface area contributed by atoms with Crippen LogP contribution >= 0.6 is 0 Å². The molecule has 0 bridgehead atoms. The van der Waals surface area contributed by atoms with Gasteiger partial charge in [-0.05, 0) is 48.9 Å². The van der Waals surface area contributed by atoms with Crippen molar-refractivity contribution >= 4 is 16.0 Å². The first-order valence-corrected chi connectivity index (χ1v) is 8.23. The lowest BCUT2D eigenvalue weighted by molar-refractivity contribution is -0.137. The first kappa shape index (κ1) is 15.0. The summed E-state index contributed by atoms with van der Waals surface area (Å²) >= 11 is 0. The Morgan fingerprint density at radius 2 is 2.00 bits per heavy atom. The summed E-state index contributed by atoms with van der Waals surface area (Å²) < 4.78 is 26.1. The van der Waals surface area contributed by atoms with Crippen molar-refractivity contribution in [2.75, 3.05) is 13.1 Å². The maximum absolute atomic E-state index is 12.5. The molecule has 1 N–H and O–H groups in total. The van der Waals surface area contributed by atoms with Crippen molar-refractivity contribution in [3.05, 3.63) is 29.3 Å². The van der Waals surface area contributed by atoms with Crippen LogP contribution in [0.3, 0.4) is 0 Å². The summed E-state index contributed by atoms with van der Waals surface area (Å²) in [5.74, 6) is -1.14. The Bertz CT molecular complexity index is 610. The van der Waals surface area contributed by atoms with Gasteiger partial charge in [0.05, 0.1) is 4.90 Å². The molecule has 0 saturated carbocycles. The highest BCUT2D eigenvalue weighted by molar-refractivity contribution is 7.89. The highest BCUT2D eigenvalue weighted by atomic mass is 32.2. The van der Waals surface area contributed by atoms with Crippen LogP contribution < -0.4 is 0 Å². The van der Waals surface area contributed by atoms with Gasteiger partial charge >= 0.3 is 5.97 Å². The van der Waals surface area contributed by atoms with Crippen LogP contribution in [0, 0.1) is 0 Å². The van der Waals surface area contributed by atoms with E-state index in [1.165, 1.54) is 5.56 Å². The van der Waals surface area contributed by atoms with Crippen molar-refractivity contribution in [1.82, 2.24) is 4.31 Å². The van der Waals surface area contributed by atoms with Gasteiger partial charge in [0.2, 0.25) is 10.0 Å². The molecule has 0 amide bonds. The monoisotopic (exact) mass is 297 g/mol. The largest absolute Gasteiger partial charge is 0.480 e. The van der Waals surface area contributed by atoms with Gasteiger partial charge in [0.25, 0.3) is 0 Å². The van der Waals surface area contributed by atoms with Crippen molar-refractivity contribution in [3.63, 3.8) is 0 Å². The smallest absolute Gasteiger partial charge is 0.318 e. The first-order valence-electron chi connectivity index (χ1n) is 6.79. The topological polar surface area (TPSA) is 74.7 Å². The molecule has 0 heterocycles. The molecule has 5 nitrogen and oxygen atoms in total. The maximum Gasteiger partial charge on any atom is 0.318 e. The third-order valence-electron chi connectivity index (χ3n) is 3.49. The highest BCUT2D eigenvalue weighted by Gasteiger charge is 2.27. The molecule has 0 fully saturated rings. The number of carbonyl (C=O) groups is 1. The van der Waals surface area contributed by atoms with Gasteiger partial charge in [0.1, 0.15) is 6.54 Å². The Labute approximate surface area is 119 Å². The van der Waals surface area contributed by atoms with Crippen LogP contribution in [0.15, 0.2) is 23.1 Å². The average molecular weight is 297 g/mol. The average Bonchev–Trinajstić information content (AvgIpc) is 2.84. The van der Waals surface area contributed by atoms with E-state index < -0.39 is 22.5 Å². The molecule has 110 valence electrons. The zero-order chi connectivity index (χ0) is 14.8. The lowest BCUT2D eigenvalue weighted by atomic mass is 10.1. The number of hydrogen-bond donors (Lipinski definition) is 1. The molecule has 0 saturated heterocycles. The lowest BCUT2D eigenvalue weighted by Crippen LogP contribution is -2.36. The Morgan fingerprint density at radius 3 is 2.65 bits per heavy atom. The molecule has 0 aromatic heterocycles. The Morgan fingerprint density at radius 1 is 1.30 bits per heavy atom. The summed E-state index contributed by atoms with van der Waals surface area (Å²) in [4.78, 5) is 11.0. The predicted octanol–water partition coefficient (Wildman–Crippen LogP) is 1.66. The van der Waals surface area contributed by atoms with Crippen LogP contribution in [0.4, 0.5) is 0 Å². The van der Waals surface area contributed by atoms with Gasteiger partial charge in [-0.1, -0.05) is 13.0 Å². The molecule has 0 radical (unpaired) electrons. The Balaban J connectivity index is 2.34. The lowest BCUT2D eigenvalue weighted by Gasteiger charge is -2.20. The molecular formula is C14H19NO4S. The Kier molecular flexibility index (Phi) is 4.45. The van der Waals surface area contributed by atoms with Gasteiger partial charge in [-0.15, -0.1) is 0 Å². The van der Waals surface area contributed by atoms with Crippen LogP contribution in [-0.4, -0.2) is 36.9 Å². The minimum absolute atomic E-state index is 0.202. The van der Waals surface area contributed by atoms with Gasteiger partial charge in [-0.2, -0.15) is 4.31 Å². The van der Waals surface area contributed by atoms with Gasteiger partial charge in [0, 0.05) is 6.54 Å². The predicted molar refractivity (Wildman–Crippen MR) is 75.2 cm³/mol. The number of aryl methyl sites for hydroxylation is 2. The summed E-state index contributed by atoms with van der Waals surface area (Å²) in [6.07, 6.45) is 3.51. The van der Waals surface area contributed by atoms with E-state index in [1.807, 2.05) is 13.0 Å². The van der Waals surface area contributed by atoms with E-state index in [0.717, 1.165) is 29.1 Å². The van der Waals surface area contributed by atoms with Crippen molar-refractivity contribution in [3.8, 4) is 0 Å². The fraction of sp³-hybridized carbons (Fsp3) is 0.500. The molecule has 1 aromatic carbocycles. The fourth-order valence-electron chi connectivity index (χ4n) is 2.54. The third-order valence-corrected chi connectivity index (χ3v) is 5.33. The summed E-state index contributed by atoms with van der Waals surface area (Å²) in [5, 5.41) is 8.87. The minimum Gasteiger partial charge on any atom is -0.480 e.